The van der Waals surface area contributed by atoms with Crippen molar-refractivity contribution in [1.82, 2.24) is 0 Å². The van der Waals surface area contributed by atoms with Crippen LogP contribution in [0.25, 0.3) is 0 Å². The van der Waals surface area contributed by atoms with Crippen LogP contribution >= 0.6 is 0 Å². The zero-order valence-corrected chi connectivity index (χ0v) is 17.7. The van der Waals surface area contributed by atoms with Crippen LogP contribution in [-0.2, 0) is 27.7 Å². The average molecular weight is 405 g/mol. The molecule has 2 aromatic rings. The van der Waals surface area contributed by atoms with Crippen molar-refractivity contribution in [2.45, 2.75) is 33.6 Å². The van der Waals surface area contributed by atoms with Crippen molar-refractivity contribution in [1.29, 1.82) is 0 Å². The molecule has 152 valence electrons. The molecule has 1 N–H and O–H groups in total. The second-order valence-electron chi connectivity index (χ2n) is 6.40. The molecule has 0 saturated heterocycles. The molecule has 0 spiro atoms. The second kappa shape index (κ2) is 9.59. The van der Waals surface area contributed by atoms with Crippen LogP contribution in [0, 0.1) is 0 Å². The number of sulfonamides is 1. The number of rotatable bonds is 9. The number of nitrogens with one attached hydrogen (secondary N) is 1. The molecule has 2 aromatic carbocycles. The summed E-state index contributed by atoms with van der Waals surface area (Å²) in [6.07, 6.45) is 2.64. The Morgan fingerprint density at radius 2 is 1.57 bits per heavy atom. The fraction of sp³-hybridized carbons (Fsp3) is 0.381. The molecule has 2 rings (SSSR count). The van der Waals surface area contributed by atoms with Gasteiger partial charge in [0, 0.05) is 5.69 Å². The Hall–Kier alpha value is -2.54. The summed E-state index contributed by atoms with van der Waals surface area (Å²) in [5.74, 6) is 0.267. The molecular weight excluding hydrogens is 376 g/mol. The zero-order valence-electron chi connectivity index (χ0n) is 16.9. The summed E-state index contributed by atoms with van der Waals surface area (Å²) >= 11 is 0. The molecule has 0 unspecified atom stereocenters. The lowest BCUT2D eigenvalue weighted by molar-refractivity contribution is -0.114. The van der Waals surface area contributed by atoms with E-state index in [1.807, 2.05) is 39.0 Å². The van der Waals surface area contributed by atoms with Crippen molar-refractivity contribution in [2.24, 2.45) is 0 Å². The smallest absolute Gasteiger partial charge is 0.245 e. The lowest BCUT2D eigenvalue weighted by Crippen LogP contribution is -2.37. The molecule has 0 aromatic heterocycles. The van der Waals surface area contributed by atoms with E-state index in [2.05, 4.69) is 5.32 Å². The Bertz CT molecular complexity index is 886. The number of carbonyl (C=O) groups excluding carboxylic acids is 1. The van der Waals surface area contributed by atoms with Gasteiger partial charge < -0.3 is 10.1 Å². The van der Waals surface area contributed by atoms with E-state index in [1.54, 1.807) is 24.3 Å². The largest absolute Gasteiger partial charge is 0.494 e. The summed E-state index contributed by atoms with van der Waals surface area (Å²) in [5.41, 5.74) is 3.25. The summed E-state index contributed by atoms with van der Waals surface area (Å²) in [6.45, 7) is 6.14. The molecule has 0 aliphatic heterocycles. The first-order chi connectivity index (χ1) is 13.3. The van der Waals surface area contributed by atoms with Crippen molar-refractivity contribution in [3.8, 4) is 5.75 Å². The van der Waals surface area contributed by atoms with Crippen molar-refractivity contribution in [3.05, 3.63) is 53.6 Å². The fourth-order valence-electron chi connectivity index (χ4n) is 2.99. The van der Waals surface area contributed by atoms with Gasteiger partial charge in [0.25, 0.3) is 0 Å². The van der Waals surface area contributed by atoms with Crippen LogP contribution in [0.1, 0.15) is 31.9 Å². The monoisotopic (exact) mass is 404 g/mol. The van der Waals surface area contributed by atoms with Gasteiger partial charge in [0.05, 0.1) is 18.6 Å². The predicted molar refractivity (Wildman–Crippen MR) is 114 cm³/mol. The lowest BCUT2D eigenvalue weighted by atomic mass is 10.0. The Balaban J connectivity index is 2.25. The summed E-state index contributed by atoms with van der Waals surface area (Å²) < 4.78 is 31.1. The summed E-state index contributed by atoms with van der Waals surface area (Å²) in [7, 11) is -3.63. The van der Waals surface area contributed by atoms with E-state index in [4.69, 9.17) is 4.74 Å². The fourth-order valence-corrected chi connectivity index (χ4v) is 3.84. The quantitative estimate of drug-likeness (QED) is 0.693. The highest BCUT2D eigenvalue weighted by Gasteiger charge is 2.22. The van der Waals surface area contributed by atoms with Gasteiger partial charge in [0.15, 0.2) is 0 Å². The molecule has 0 atom stereocenters. The van der Waals surface area contributed by atoms with Gasteiger partial charge >= 0.3 is 0 Å². The molecule has 7 heteroatoms. The third-order valence-corrected chi connectivity index (χ3v) is 5.53. The van der Waals surface area contributed by atoms with E-state index in [9.17, 15) is 13.2 Å². The summed E-state index contributed by atoms with van der Waals surface area (Å²) in [5, 5.41) is 2.92. The van der Waals surface area contributed by atoms with Gasteiger partial charge in [-0.1, -0.05) is 32.0 Å². The zero-order chi connectivity index (χ0) is 20.7. The standard InChI is InChI=1S/C21H28N2O4S/c1-5-16-9-8-10-17(6-2)21(16)22-20(24)15-23(28(4,25)26)18-11-13-19(14-12-18)27-7-3/h8-14H,5-7,15H2,1-4H3,(H,22,24). The molecule has 0 aliphatic carbocycles. The Morgan fingerprint density at radius 3 is 2.04 bits per heavy atom. The molecule has 0 radical (unpaired) electrons. The molecule has 28 heavy (non-hydrogen) atoms. The number of amides is 1. The maximum Gasteiger partial charge on any atom is 0.245 e. The van der Waals surface area contributed by atoms with Crippen LogP contribution in [0.2, 0.25) is 0 Å². The van der Waals surface area contributed by atoms with Gasteiger partial charge in [-0.05, 0) is 55.2 Å². The number of benzene rings is 2. The number of hydrogen-bond acceptors (Lipinski definition) is 4. The van der Waals surface area contributed by atoms with E-state index in [0.29, 0.717) is 18.0 Å². The van der Waals surface area contributed by atoms with E-state index >= 15 is 0 Å². The first-order valence-corrected chi connectivity index (χ1v) is 11.3. The number of aryl methyl sites for hydroxylation is 2. The van der Waals surface area contributed by atoms with E-state index < -0.39 is 10.0 Å². The molecule has 0 saturated carbocycles. The molecule has 0 fully saturated rings. The Labute approximate surface area is 167 Å². The maximum absolute atomic E-state index is 12.7. The minimum Gasteiger partial charge on any atom is -0.494 e. The molecule has 0 bridgehead atoms. The topological polar surface area (TPSA) is 75.7 Å². The number of para-hydroxylation sites is 1. The highest BCUT2D eigenvalue weighted by Crippen LogP contribution is 2.24. The normalized spacial score (nSPS) is 11.1. The molecular formula is C21H28N2O4S. The molecule has 6 nitrogen and oxygen atoms in total. The predicted octanol–water partition coefficient (Wildman–Crippen LogP) is 3.61. The number of ether oxygens (including phenoxy) is 1. The first kappa shape index (κ1) is 21.8. The second-order valence-corrected chi connectivity index (χ2v) is 8.31. The number of anilines is 2. The van der Waals surface area contributed by atoms with E-state index in [1.165, 1.54) is 0 Å². The van der Waals surface area contributed by atoms with Gasteiger partial charge in [-0.3, -0.25) is 9.10 Å². The van der Waals surface area contributed by atoms with E-state index in [-0.39, 0.29) is 12.5 Å². The average Bonchev–Trinajstić information content (AvgIpc) is 2.66. The third kappa shape index (κ3) is 5.48. The minimum absolute atomic E-state index is 0.298. The van der Waals surface area contributed by atoms with Crippen LogP contribution < -0.4 is 14.4 Å². The Kier molecular flexibility index (Phi) is 7.45. The van der Waals surface area contributed by atoms with Gasteiger partial charge in [-0.25, -0.2) is 8.42 Å². The van der Waals surface area contributed by atoms with Crippen molar-refractivity contribution in [3.63, 3.8) is 0 Å². The number of hydrogen-bond donors (Lipinski definition) is 1. The number of nitrogens with zero attached hydrogens (tertiary/aromatic N) is 1. The first-order valence-electron chi connectivity index (χ1n) is 9.41. The van der Waals surface area contributed by atoms with Crippen molar-refractivity contribution < 1.29 is 17.9 Å². The van der Waals surface area contributed by atoms with Crippen molar-refractivity contribution in [2.75, 3.05) is 29.0 Å². The van der Waals surface area contributed by atoms with E-state index in [0.717, 1.165) is 40.2 Å². The van der Waals surface area contributed by atoms with Crippen LogP contribution in [0.5, 0.6) is 5.75 Å². The van der Waals surface area contributed by atoms with Gasteiger partial charge in [-0.2, -0.15) is 0 Å². The SMILES string of the molecule is CCOc1ccc(N(CC(=O)Nc2c(CC)cccc2CC)S(C)(=O)=O)cc1. The van der Waals surface area contributed by atoms with Gasteiger partial charge in [0.1, 0.15) is 12.3 Å². The highest BCUT2D eigenvalue weighted by atomic mass is 32.2. The van der Waals surface area contributed by atoms with Crippen molar-refractivity contribution >= 4 is 27.3 Å². The van der Waals surface area contributed by atoms with Crippen LogP contribution in [0.15, 0.2) is 42.5 Å². The van der Waals surface area contributed by atoms with Gasteiger partial charge in [-0.15, -0.1) is 0 Å². The molecule has 1 amide bonds. The van der Waals surface area contributed by atoms with Crippen LogP contribution in [-0.4, -0.2) is 33.7 Å². The van der Waals surface area contributed by atoms with Crippen LogP contribution in [0.3, 0.4) is 0 Å². The minimum atomic E-state index is -3.63. The third-order valence-electron chi connectivity index (χ3n) is 4.39. The summed E-state index contributed by atoms with van der Waals surface area (Å²) in [6, 6.07) is 12.6. The Morgan fingerprint density at radius 1 is 1.00 bits per heavy atom. The van der Waals surface area contributed by atoms with Gasteiger partial charge in [0.2, 0.25) is 15.9 Å². The van der Waals surface area contributed by atoms with Crippen LogP contribution in [0.4, 0.5) is 11.4 Å². The maximum atomic E-state index is 12.7. The summed E-state index contributed by atoms with van der Waals surface area (Å²) in [4.78, 5) is 12.7. The molecule has 0 aliphatic rings. The number of carbonyl (C=O) groups is 1. The lowest BCUT2D eigenvalue weighted by Gasteiger charge is -2.23. The molecule has 0 heterocycles. The highest BCUT2D eigenvalue weighted by molar-refractivity contribution is 7.92.